The zero-order valence-corrected chi connectivity index (χ0v) is 20.1. The van der Waals surface area contributed by atoms with E-state index in [2.05, 4.69) is 22.9 Å². The van der Waals surface area contributed by atoms with Gasteiger partial charge in [-0.05, 0) is 41.3 Å². The van der Waals surface area contributed by atoms with Crippen LogP contribution in [0.25, 0.3) is 10.9 Å². The van der Waals surface area contributed by atoms with E-state index in [1.54, 1.807) is 6.20 Å². The Kier molecular flexibility index (Phi) is 8.11. The first-order valence-electron chi connectivity index (χ1n) is 11.5. The molecule has 0 aliphatic carbocycles. The smallest absolute Gasteiger partial charge is 0.326 e. The lowest BCUT2D eigenvalue weighted by Crippen LogP contribution is -2.45. The molecule has 0 aliphatic rings. The second-order valence-electron chi connectivity index (χ2n) is 8.47. The van der Waals surface area contributed by atoms with Gasteiger partial charge in [0.1, 0.15) is 18.4 Å². The Morgan fingerprint density at radius 1 is 0.943 bits per heavy atom. The zero-order chi connectivity index (χ0) is 24.6. The normalized spacial score (nSPS) is 12.7. The third-order valence-electron chi connectivity index (χ3n) is 5.94. The minimum Gasteiger partial charge on any atom is -0.489 e. The van der Waals surface area contributed by atoms with Gasteiger partial charge in [-0.25, -0.2) is 4.79 Å². The lowest BCUT2D eigenvalue weighted by Gasteiger charge is -2.19. The van der Waals surface area contributed by atoms with Crippen LogP contribution in [0.3, 0.4) is 0 Å². The molecular formula is C28H28N2O4S. The fraction of sp³-hybridized carbons (Fsp3) is 0.214. The van der Waals surface area contributed by atoms with Crippen LogP contribution in [-0.4, -0.2) is 33.8 Å². The van der Waals surface area contributed by atoms with Crippen molar-refractivity contribution in [3.05, 3.63) is 102 Å². The highest BCUT2D eigenvalue weighted by Gasteiger charge is 2.26. The maximum absolute atomic E-state index is 12.9. The predicted octanol–water partition coefficient (Wildman–Crippen LogP) is 4.65. The number of hydrogen-bond donors (Lipinski definition) is 4. The summed E-state index contributed by atoms with van der Waals surface area (Å²) in [5, 5.41) is 13.4. The lowest BCUT2D eigenvalue weighted by molar-refractivity contribution is -0.142. The van der Waals surface area contributed by atoms with Gasteiger partial charge >= 0.3 is 5.97 Å². The predicted molar refractivity (Wildman–Crippen MR) is 140 cm³/mol. The molecule has 0 radical (unpaired) electrons. The molecule has 0 fully saturated rings. The van der Waals surface area contributed by atoms with Gasteiger partial charge in [0.15, 0.2) is 0 Å². The molecule has 180 valence electrons. The largest absolute Gasteiger partial charge is 0.489 e. The van der Waals surface area contributed by atoms with Crippen LogP contribution in [0.4, 0.5) is 0 Å². The average molecular weight is 489 g/mol. The summed E-state index contributed by atoms with van der Waals surface area (Å²) < 4.78 is 5.94. The summed E-state index contributed by atoms with van der Waals surface area (Å²) in [6.07, 6.45) is 2.43. The molecule has 0 spiro atoms. The van der Waals surface area contributed by atoms with Crippen LogP contribution in [0.5, 0.6) is 5.75 Å². The van der Waals surface area contributed by atoms with E-state index in [0.717, 1.165) is 27.6 Å². The molecule has 0 saturated carbocycles. The number of thiol groups is 1. The highest BCUT2D eigenvalue weighted by atomic mass is 32.1. The summed E-state index contributed by atoms with van der Waals surface area (Å²) in [7, 11) is 0. The Morgan fingerprint density at radius 2 is 1.63 bits per heavy atom. The van der Waals surface area contributed by atoms with Crippen LogP contribution in [0, 0.1) is 5.92 Å². The van der Waals surface area contributed by atoms with Crippen molar-refractivity contribution in [2.24, 2.45) is 5.92 Å². The number of nitrogens with one attached hydrogen (secondary N) is 2. The fourth-order valence-corrected chi connectivity index (χ4v) is 4.30. The summed E-state index contributed by atoms with van der Waals surface area (Å²) >= 11 is 4.33. The van der Waals surface area contributed by atoms with Crippen LogP contribution in [0.15, 0.2) is 85.1 Å². The van der Waals surface area contributed by atoms with E-state index in [1.165, 1.54) is 0 Å². The molecule has 3 N–H and O–H groups in total. The number of carbonyl (C=O) groups excluding carboxylic acids is 1. The molecule has 7 heteroatoms. The van der Waals surface area contributed by atoms with Crippen molar-refractivity contribution in [3.63, 3.8) is 0 Å². The first-order valence-corrected chi connectivity index (χ1v) is 12.1. The molecule has 0 bridgehead atoms. The van der Waals surface area contributed by atoms with E-state index in [-0.39, 0.29) is 12.3 Å². The van der Waals surface area contributed by atoms with Crippen molar-refractivity contribution in [3.8, 4) is 5.75 Å². The second-order valence-corrected chi connectivity index (χ2v) is 8.83. The number of carboxylic acids is 1. The molecule has 3 aromatic carbocycles. The minimum atomic E-state index is -1.08. The van der Waals surface area contributed by atoms with E-state index in [4.69, 9.17) is 4.74 Å². The highest BCUT2D eigenvalue weighted by molar-refractivity contribution is 7.80. The average Bonchev–Trinajstić information content (AvgIpc) is 3.28. The molecule has 0 aliphatic heterocycles. The maximum Gasteiger partial charge on any atom is 0.326 e. The number of hydrogen-bond acceptors (Lipinski definition) is 4. The molecule has 1 heterocycles. The van der Waals surface area contributed by atoms with Crippen molar-refractivity contribution in [2.45, 2.75) is 25.5 Å². The molecule has 35 heavy (non-hydrogen) atoms. The maximum atomic E-state index is 12.9. The number of amides is 1. The van der Waals surface area contributed by atoms with Crippen molar-refractivity contribution in [1.82, 2.24) is 10.3 Å². The Balaban J connectivity index is 1.46. The van der Waals surface area contributed by atoms with Gasteiger partial charge in [-0.3, -0.25) is 4.79 Å². The molecule has 1 amide bonds. The first kappa shape index (κ1) is 24.4. The van der Waals surface area contributed by atoms with Gasteiger partial charge in [0.05, 0.1) is 5.92 Å². The number of ether oxygens (including phenoxy) is 1. The zero-order valence-electron chi connectivity index (χ0n) is 19.2. The van der Waals surface area contributed by atoms with Gasteiger partial charge in [-0.2, -0.15) is 12.6 Å². The van der Waals surface area contributed by atoms with Gasteiger partial charge in [0.2, 0.25) is 5.91 Å². The number of H-pyrrole nitrogens is 1. The van der Waals surface area contributed by atoms with E-state index < -0.39 is 17.9 Å². The third kappa shape index (κ3) is 6.45. The molecular weight excluding hydrogens is 460 g/mol. The van der Waals surface area contributed by atoms with Crippen LogP contribution < -0.4 is 10.1 Å². The van der Waals surface area contributed by atoms with Crippen LogP contribution in [0.1, 0.15) is 16.7 Å². The summed E-state index contributed by atoms with van der Waals surface area (Å²) in [6, 6.07) is 24.1. The van der Waals surface area contributed by atoms with E-state index in [9.17, 15) is 14.7 Å². The molecule has 4 aromatic rings. The van der Waals surface area contributed by atoms with E-state index in [0.29, 0.717) is 24.5 Å². The molecule has 2 atom stereocenters. The molecule has 0 saturated heterocycles. The van der Waals surface area contributed by atoms with Gasteiger partial charge in [-0.1, -0.05) is 60.7 Å². The Labute approximate surface area is 209 Å². The molecule has 6 nitrogen and oxygen atoms in total. The standard InChI is InChI=1S/C28H28N2O4S/c31-27(22(18-35)13-19-7-3-1-4-8-19)30-26(28(32)33)14-21-16-29-25-12-11-23(15-24(21)25)34-17-20-9-5-2-6-10-20/h1-12,15-16,22,26,29,35H,13-14,17-18H2,(H,30,31)(H,32,33)/t22?,26-/m0/s1. The minimum absolute atomic E-state index is 0.147. The van der Waals surface area contributed by atoms with Gasteiger partial charge in [0.25, 0.3) is 0 Å². The van der Waals surface area contributed by atoms with E-state index >= 15 is 0 Å². The Morgan fingerprint density at radius 3 is 2.29 bits per heavy atom. The van der Waals surface area contributed by atoms with E-state index in [1.807, 2.05) is 78.9 Å². The number of rotatable bonds is 11. The SMILES string of the molecule is O=C(N[C@@H](Cc1c[nH]c2ccc(OCc3ccccc3)cc12)C(=O)O)C(CS)Cc1ccccc1. The van der Waals surface area contributed by atoms with Gasteiger partial charge in [0, 0.05) is 29.3 Å². The summed E-state index contributed by atoms with van der Waals surface area (Å²) in [4.78, 5) is 28.1. The Bertz CT molecular complexity index is 1270. The van der Waals surface area contributed by atoms with Gasteiger partial charge in [-0.15, -0.1) is 0 Å². The number of aromatic nitrogens is 1. The number of benzene rings is 3. The topological polar surface area (TPSA) is 91.4 Å². The summed E-state index contributed by atoms with van der Waals surface area (Å²) in [5.74, 6) is -0.813. The van der Waals surface area contributed by atoms with Crippen molar-refractivity contribution >= 4 is 35.4 Å². The quantitative estimate of drug-likeness (QED) is 0.231. The molecule has 1 aromatic heterocycles. The number of carboxylic acid groups (broad SMARTS) is 1. The van der Waals surface area contributed by atoms with Crippen molar-refractivity contribution in [1.29, 1.82) is 0 Å². The highest BCUT2D eigenvalue weighted by Crippen LogP contribution is 2.25. The summed E-state index contributed by atoms with van der Waals surface area (Å²) in [6.45, 7) is 0.437. The lowest BCUT2D eigenvalue weighted by atomic mass is 9.99. The Hall–Kier alpha value is -3.71. The summed E-state index contributed by atoms with van der Waals surface area (Å²) in [5.41, 5.74) is 3.74. The van der Waals surface area contributed by atoms with Gasteiger partial charge < -0.3 is 20.1 Å². The molecule has 4 rings (SSSR count). The van der Waals surface area contributed by atoms with Crippen molar-refractivity contribution in [2.75, 3.05) is 5.75 Å². The third-order valence-corrected chi connectivity index (χ3v) is 6.38. The monoisotopic (exact) mass is 488 g/mol. The first-order chi connectivity index (χ1) is 17.0. The number of aromatic amines is 1. The van der Waals surface area contributed by atoms with Crippen LogP contribution in [0.2, 0.25) is 0 Å². The van der Waals surface area contributed by atoms with Crippen LogP contribution >= 0.6 is 12.6 Å². The number of fused-ring (bicyclic) bond motifs is 1. The number of aliphatic carboxylic acids is 1. The van der Waals surface area contributed by atoms with Crippen molar-refractivity contribution < 1.29 is 19.4 Å². The molecule has 1 unspecified atom stereocenters. The number of carbonyl (C=O) groups is 2. The second kappa shape index (κ2) is 11.6. The van der Waals surface area contributed by atoms with Crippen LogP contribution in [-0.2, 0) is 29.0 Å². The fourth-order valence-electron chi connectivity index (χ4n) is 4.01.